The number of esters is 1. The Morgan fingerprint density at radius 1 is 1.19 bits per heavy atom. The number of nitrogens with zero attached hydrogens (tertiary/aromatic N) is 2. The van der Waals surface area contributed by atoms with E-state index in [-0.39, 0.29) is 17.9 Å². The number of amides is 2. The van der Waals surface area contributed by atoms with Crippen molar-refractivity contribution in [2.75, 3.05) is 20.3 Å². The van der Waals surface area contributed by atoms with E-state index in [1.807, 2.05) is 0 Å². The average molecular weight is 594 g/mol. The molecule has 1 aromatic heterocycles. The number of aryl methyl sites for hydroxylation is 1. The number of hydrogen-bond donors (Lipinski definition) is 4. The number of carbonyl (C=O) groups is 2. The zero-order valence-electron chi connectivity index (χ0n) is 23.9. The van der Waals surface area contributed by atoms with Gasteiger partial charge in [0.1, 0.15) is 18.1 Å². The summed E-state index contributed by atoms with van der Waals surface area (Å²) in [5, 5.41) is 31.0. The third-order valence-electron chi connectivity index (χ3n) is 6.33. The summed E-state index contributed by atoms with van der Waals surface area (Å²) in [5.74, 6) is 0.660. The number of hydrogen-bond acceptors (Lipinski definition) is 11. The van der Waals surface area contributed by atoms with Crippen molar-refractivity contribution < 1.29 is 38.2 Å². The molecule has 2 heterocycles. The van der Waals surface area contributed by atoms with Crippen molar-refractivity contribution in [1.29, 1.82) is 0 Å². The number of furan rings is 1. The van der Waals surface area contributed by atoms with E-state index < -0.39 is 29.2 Å². The largest absolute Gasteiger partial charge is 0.490 e. The number of nitro benzene ring substituents is 1. The molecule has 2 amide bonds. The van der Waals surface area contributed by atoms with Crippen LogP contribution in [0.15, 0.2) is 69.3 Å². The highest BCUT2D eigenvalue weighted by Gasteiger charge is 2.32. The van der Waals surface area contributed by atoms with Crippen LogP contribution in [0.5, 0.6) is 11.5 Å². The Morgan fingerprint density at radius 2 is 1.98 bits per heavy atom. The molecule has 0 fully saturated rings. The number of carbonyl (C=O) groups excluding carboxylic acids is 2. The van der Waals surface area contributed by atoms with Crippen LogP contribution in [0.1, 0.15) is 36.8 Å². The minimum Gasteiger partial charge on any atom is -0.490 e. The van der Waals surface area contributed by atoms with Gasteiger partial charge in [0.25, 0.3) is 5.69 Å². The second kappa shape index (κ2) is 13.5. The number of allylic oxidation sites excluding steroid dienone is 1. The van der Waals surface area contributed by atoms with Crippen LogP contribution in [-0.4, -0.2) is 54.8 Å². The molecule has 4 N–H and O–H groups in total. The number of aliphatic hydroxyl groups is 1. The van der Waals surface area contributed by atoms with Crippen LogP contribution in [0.3, 0.4) is 0 Å². The van der Waals surface area contributed by atoms with Gasteiger partial charge in [-0.3, -0.25) is 15.5 Å². The van der Waals surface area contributed by atoms with E-state index in [9.17, 15) is 24.8 Å². The third-order valence-corrected chi connectivity index (χ3v) is 6.33. The lowest BCUT2D eigenvalue weighted by Gasteiger charge is -2.28. The van der Waals surface area contributed by atoms with Crippen molar-refractivity contribution >= 4 is 23.9 Å². The first-order valence-electron chi connectivity index (χ1n) is 13.2. The van der Waals surface area contributed by atoms with Crippen molar-refractivity contribution in [1.82, 2.24) is 16.1 Å². The first-order chi connectivity index (χ1) is 20.6. The smallest absolute Gasteiger partial charge is 0.337 e. The van der Waals surface area contributed by atoms with Gasteiger partial charge in [0.05, 0.1) is 42.0 Å². The molecule has 0 saturated heterocycles. The fourth-order valence-electron chi connectivity index (χ4n) is 4.38. The van der Waals surface area contributed by atoms with E-state index in [1.165, 1.54) is 19.4 Å². The molecule has 2 atom stereocenters. The molecule has 226 valence electrons. The van der Waals surface area contributed by atoms with Crippen LogP contribution in [-0.2, 0) is 9.53 Å². The Morgan fingerprint density at radius 3 is 2.70 bits per heavy atom. The maximum Gasteiger partial charge on any atom is 0.337 e. The van der Waals surface area contributed by atoms with Crippen molar-refractivity contribution in [3.8, 4) is 22.8 Å². The van der Waals surface area contributed by atoms with Crippen LogP contribution in [0.2, 0.25) is 0 Å². The summed E-state index contributed by atoms with van der Waals surface area (Å²) in [6, 6.07) is 11.7. The molecule has 0 radical (unpaired) electrons. The van der Waals surface area contributed by atoms with Gasteiger partial charge in [0, 0.05) is 11.8 Å². The Labute approximate surface area is 246 Å². The maximum absolute atomic E-state index is 12.4. The number of benzene rings is 2. The number of nitrogens with one attached hydrogen (secondary N) is 3. The molecule has 14 heteroatoms. The third kappa shape index (κ3) is 7.29. The molecule has 14 nitrogen and oxygen atoms in total. The average Bonchev–Trinajstić information content (AvgIpc) is 3.44. The molecular formula is C29H31N5O9. The van der Waals surface area contributed by atoms with Crippen LogP contribution in [0.25, 0.3) is 11.3 Å². The van der Waals surface area contributed by atoms with Crippen molar-refractivity contribution in [2.24, 2.45) is 5.10 Å². The number of hydrazone groups is 1. The molecule has 2 aromatic carbocycles. The predicted molar refractivity (Wildman–Crippen MR) is 155 cm³/mol. The molecule has 1 aliphatic rings. The molecule has 0 unspecified atom stereocenters. The lowest BCUT2D eigenvalue weighted by molar-refractivity contribution is -0.384. The topological polar surface area (TPSA) is 187 Å². The normalized spacial score (nSPS) is 15.5. The summed E-state index contributed by atoms with van der Waals surface area (Å²) < 4.78 is 22.0. The van der Waals surface area contributed by atoms with Gasteiger partial charge in [0.2, 0.25) is 0 Å². The summed E-state index contributed by atoms with van der Waals surface area (Å²) in [6.07, 6.45) is 0.0905. The Bertz CT molecular complexity index is 1580. The van der Waals surface area contributed by atoms with E-state index in [0.717, 1.165) is 5.56 Å². The number of aliphatic hydroxyl groups excluding tert-OH is 1. The van der Waals surface area contributed by atoms with Crippen LogP contribution in [0, 0.1) is 17.0 Å². The highest BCUT2D eigenvalue weighted by atomic mass is 16.6. The Kier molecular flexibility index (Phi) is 9.62. The standard InChI is InChI=1S/C29H31N5O9/c1-5-41-24-13-18(27-26(28(36)40-4)17(3)31-29(37)32-27)7-10-23(24)42-15-25(35)33-30-14-19-8-11-22(43-19)20-9-6-16(2)12-21(20)34(38)39/h6-14,25,27,33,35H,5,15H2,1-4H3,(H2,31,32,37)/b30-14+/t25-,27-/m0/s1. The van der Waals surface area contributed by atoms with Gasteiger partial charge in [0.15, 0.2) is 17.7 Å². The molecule has 0 spiro atoms. The first kappa shape index (κ1) is 30.6. The van der Waals surface area contributed by atoms with Gasteiger partial charge in [-0.15, -0.1) is 0 Å². The Balaban J connectivity index is 1.40. The summed E-state index contributed by atoms with van der Waals surface area (Å²) in [4.78, 5) is 35.5. The van der Waals surface area contributed by atoms with Gasteiger partial charge in [-0.05, 0) is 62.2 Å². The number of urea groups is 1. The van der Waals surface area contributed by atoms with Crippen molar-refractivity contribution in [3.63, 3.8) is 0 Å². The molecule has 0 saturated carbocycles. The number of methoxy groups -OCH3 is 1. The van der Waals surface area contributed by atoms with Gasteiger partial charge in [-0.2, -0.15) is 5.10 Å². The van der Waals surface area contributed by atoms with E-state index in [2.05, 4.69) is 21.2 Å². The van der Waals surface area contributed by atoms with E-state index in [1.54, 1.807) is 63.2 Å². The first-order valence-corrected chi connectivity index (χ1v) is 13.2. The molecule has 1 aliphatic heterocycles. The minimum atomic E-state index is -1.22. The second-order valence-corrected chi connectivity index (χ2v) is 9.39. The molecular weight excluding hydrogens is 562 g/mol. The monoisotopic (exact) mass is 593 g/mol. The summed E-state index contributed by atoms with van der Waals surface area (Å²) in [5.41, 5.74) is 4.71. The molecule has 3 aromatic rings. The van der Waals surface area contributed by atoms with Crippen LogP contribution < -0.4 is 25.5 Å². The summed E-state index contributed by atoms with van der Waals surface area (Å²) >= 11 is 0. The van der Waals surface area contributed by atoms with E-state index in [4.69, 9.17) is 18.6 Å². The van der Waals surface area contributed by atoms with Gasteiger partial charge < -0.3 is 34.4 Å². The number of rotatable bonds is 12. The quantitative estimate of drug-likeness (QED) is 0.0793. The SMILES string of the molecule is CCOc1cc([C@@H]2NC(=O)NC(C)=C2C(=O)OC)ccc1OC[C@H](O)N/N=C/c1ccc(-c2ccc(C)cc2[N+](=O)[O-])o1. The van der Waals surface area contributed by atoms with E-state index >= 15 is 0 Å². The molecule has 0 aliphatic carbocycles. The maximum atomic E-state index is 12.4. The zero-order chi connectivity index (χ0) is 31.1. The lowest BCUT2D eigenvalue weighted by Crippen LogP contribution is -2.45. The van der Waals surface area contributed by atoms with Gasteiger partial charge in [-0.25, -0.2) is 9.59 Å². The van der Waals surface area contributed by atoms with Gasteiger partial charge >= 0.3 is 12.0 Å². The van der Waals surface area contributed by atoms with Crippen molar-refractivity contribution in [2.45, 2.75) is 33.0 Å². The second-order valence-electron chi connectivity index (χ2n) is 9.39. The summed E-state index contributed by atoms with van der Waals surface area (Å²) in [7, 11) is 1.26. The highest BCUT2D eigenvalue weighted by molar-refractivity contribution is 5.95. The van der Waals surface area contributed by atoms with Crippen LogP contribution in [0.4, 0.5) is 10.5 Å². The van der Waals surface area contributed by atoms with Crippen LogP contribution >= 0.6 is 0 Å². The zero-order valence-corrected chi connectivity index (χ0v) is 23.9. The highest BCUT2D eigenvalue weighted by Crippen LogP contribution is 2.35. The van der Waals surface area contributed by atoms with Crippen molar-refractivity contribution in [3.05, 3.63) is 86.8 Å². The predicted octanol–water partition coefficient (Wildman–Crippen LogP) is 3.68. The fraction of sp³-hybridized carbons (Fsp3) is 0.276. The number of nitro groups is 1. The Hall–Kier alpha value is -5.37. The lowest BCUT2D eigenvalue weighted by atomic mass is 9.95. The molecule has 4 rings (SSSR count). The van der Waals surface area contributed by atoms with Gasteiger partial charge in [-0.1, -0.05) is 12.1 Å². The number of ether oxygens (including phenoxy) is 3. The summed E-state index contributed by atoms with van der Waals surface area (Å²) in [6.45, 7) is 5.25. The van der Waals surface area contributed by atoms with E-state index in [0.29, 0.717) is 46.5 Å². The minimum absolute atomic E-state index is 0.0704. The fourth-order valence-corrected chi connectivity index (χ4v) is 4.38. The molecule has 0 bridgehead atoms. The molecule has 43 heavy (non-hydrogen) atoms.